The second kappa shape index (κ2) is 6.79. The summed E-state index contributed by atoms with van der Waals surface area (Å²) in [5, 5.41) is 6.66. The van der Waals surface area contributed by atoms with Crippen molar-refractivity contribution >= 4 is 10.0 Å². The van der Waals surface area contributed by atoms with Gasteiger partial charge in [-0.05, 0) is 31.7 Å². The Morgan fingerprint density at radius 2 is 1.95 bits per heavy atom. The minimum absolute atomic E-state index is 0.211. The van der Waals surface area contributed by atoms with Crippen LogP contribution in [-0.4, -0.2) is 32.2 Å². The van der Waals surface area contributed by atoms with E-state index < -0.39 is 10.0 Å². The summed E-state index contributed by atoms with van der Waals surface area (Å²) in [6.07, 6.45) is 0.359. The van der Waals surface area contributed by atoms with Crippen molar-refractivity contribution in [3.63, 3.8) is 0 Å². The van der Waals surface area contributed by atoms with Gasteiger partial charge in [-0.15, -0.1) is 0 Å². The van der Waals surface area contributed by atoms with Crippen LogP contribution in [0.25, 0.3) is 0 Å². The van der Waals surface area contributed by atoms with Crippen LogP contribution >= 0.6 is 0 Å². The van der Waals surface area contributed by atoms with Crippen molar-refractivity contribution in [1.82, 2.24) is 20.2 Å². The summed E-state index contributed by atoms with van der Waals surface area (Å²) in [4.78, 5) is 4.26. The standard InChI is InChI=1S/C13H18N4O3S/c1-10-16-13(20-17-10)7-8-15-21(18,19)12-5-3-11(4-6-12)9-14-2/h3-6,14-15H,7-9H2,1-2H3. The number of hydrogen-bond acceptors (Lipinski definition) is 6. The van der Waals surface area contributed by atoms with E-state index in [-0.39, 0.29) is 11.4 Å². The molecule has 8 heteroatoms. The quantitative estimate of drug-likeness (QED) is 0.778. The Hall–Kier alpha value is -1.77. The molecule has 0 saturated heterocycles. The third kappa shape index (κ3) is 4.35. The second-order valence-corrected chi connectivity index (χ2v) is 6.32. The van der Waals surface area contributed by atoms with Crippen LogP contribution < -0.4 is 10.0 Å². The van der Waals surface area contributed by atoms with Gasteiger partial charge in [0.15, 0.2) is 5.82 Å². The highest BCUT2D eigenvalue weighted by Gasteiger charge is 2.14. The van der Waals surface area contributed by atoms with Crippen LogP contribution in [0.5, 0.6) is 0 Å². The number of aromatic nitrogens is 2. The average molecular weight is 310 g/mol. The molecule has 0 spiro atoms. The van der Waals surface area contributed by atoms with Gasteiger partial charge in [-0.3, -0.25) is 0 Å². The number of aryl methyl sites for hydroxylation is 1. The molecule has 0 aliphatic heterocycles. The van der Waals surface area contributed by atoms with Crippen LogP contribution in [0.3, 0.4) is 0 Å². The molecular formula is C13H18N4O3S. The maximum Gasteiger partial charge on any atom is 0.240 e. The van der Waals surface area contributed by atoms with Crippen LogP contribution in [0, 0.1) is 6.92 Å². The van der Waals surface area contributed by atoms with E-state index in [0.29, 0.717) is 24.7 Å². The number of nitrogens with one attached hydrogen (secondary N) is 2. The van der Waals surface area contributed by atoms with Crippen molar-refractivity contribution in [1.29, 1.82) is 0 Å². The Balaban J connectivity index is 1.94. The molecule has 21 heavy (non-hydrogen) atoms. The van der Waals surface area contributed by atoms with E-state index >= 15 is 0 Å². The summed E-state index contributed by atoms with van der Waals surface area (Å²) in [5.41, 5.74) is 1.03. The van der Waals surface area contributed by atoms with E-state index in [1.165, 1.54) is 0 Å². The summed E-state index contributed by atoms with van der Waals surface area (Å²) in [7, 11) is -1.68. The van der Waals surface area contributed by atoms with Gasteiger partial charge >= 0.3 is 0 Å². The van der Waals surface area contributed by atoms with E-state index in [4.69, 9.17) is 4.52 Å². The Morgan fingerprint density at radius 1 is 1.24 bits per heavy atom. The summed E-state index contributed by atoms with van der Waals surface area (Å²) in [6.45, 7) is 2.62. The maximum absolute atomic E-state index is 12.1. The number of nitrogens with zero attached hydrogens (tertiary/aromatic N) is 2. The fraction of sp³-hybridized carbons (Fsp3) is 0.385. The lowest BCUT2D eigenvalue weighted by Crippen LogP contribution is -2.26. The van der Waals surface area contributed by atoms with Gasteiger partial charge in [0.2, 0.25) is 15.9 Å². The normalized spacial score (nSPS) is 11.7. The van der Waals surface area contributed by atoms with Crippen LogP contribution in [0.15, 0.2) is 33.7 Å². The molecule has 0 unspecified atom stereocenters. The van der Waals surface area contributed by atoms with Gasteiger partial charge in [-0.1, -0.05) is 17.3 Å². The van der Waals surface area contributed by atoms with Crippen LogP contribution in [-0.2, 0) is 23.0 Å². The molecule has 114 valence electrons. The number of sulfonamides is 1. The minimum Gasteiger partial charge on any atom is -0.339 e. The Kier molecular flexibility index (Phi) is 5.05. The topological polar surface area (TPSA) is 97.1 Å². The molecule has 0 saturated carbocycles. The SMILES string of the molecule is CNCc1ccc(S(=O)(=O)NCCc2nc(C)no2)cc1. The first-order chi connectivity index (χ1) is 10.0. The average Bonchev–Trinajstić information content (AvgIpc) is 2.85. The third-order valence-corrected chi connectivity index (χ3v) is 4.29. The fourth-order valence-electron chi connectivity index (χ4n) is 1.81. The van der Waals surface area contributed by atoms with Gasteiger partial charge in [-0.2, -0.15) is 4.98 Å². The van der Waals surface area contributed by atoms with Crippen molar-refractivity contribution in [3.8, 4) is 0 Å². The smallest absolute Gasteiger partial charge is 0.240 e. The summed E-state index contributed by atoms with van der Waals surface area (Å²) >= 11 is 0. The lowest BCUT2D eigenvalue weighted by atomic mass is 10.2. The molecule has 2 aromatic rings. The Bertz CT molecular complexity index is 680. The summed E-state index contributed by atoms with van der Waals surface area (Å²) < 4.78 is 31.6. The highest BCUT2D eigenvalue weighted by molar-refractivity contribution is 7.89. The lowest BCUT2D eigenvalue weighted by Gasteiger charge is -2.06. The highest BCUT2D eigenvalue weighted by Crippen LogP contribution is 2.10. The predicted octanol–water partition coefficient (Wildman–Crippen LogP) is 0.618. The van der Waals surface area contributed by atoms with Gasteiger partial charge in [0.05, 0.1) is 4.90 Å². The van der Waals surface area contributed by atoms with Gasteiger partial charge in [-0.25, -0.2) is 13.1 Å². The Labute approximate surface area is 123 Å². The second-order valence-electron chi connectivity index (χ2n) is 4.56. The van der Waals surface area contributed by atoms with Gasteiger partial charge in [0.1, 0.15) is 0 Å². The van der Waals surface area contributed by atoms with Crippen LogP contribution in [0.2, 0.25) is 0 Å². The predicted molar refractivity (Wildman–Crippen MR) is 77.1 cm³/mol. The van der Waals surface area contributed by atoms with Crippen molar-refractivity contribution in [2.24, 2.45) is 0 Å². The first-order valence-corrected chi connectivity index (χ1v) is 8.02. The summed E-state index contributed by atoms with van der Waals surface area (Å²) in [6, 6.07) is 6.75. The monoisotopic (exact) mass is 310 g/mol. The summed E-state index contributed by atoms with van der Waals surface area (Å²) in [5.74, 6) is 0.951. The van der Waals surface area contributed by atoms with E-state index in [2.05, 4.69) is 20.2 Å². The van der Waals surface area contributed by atoms with E-state index in [9.17, 15) is 8.42 Å². The molecule has 1 heterocycles. The molecule has 0 amide bonds. The van der Waals surface area contributed by atoms with E-state index in [1.54, 1.807) is 31.2 Å². The fourth-order valence-corrected chi connectivity index (χ4v) is 2.84. The maximum atomic E-state index is 12.1. The molecule has 0 aliphatic rings. The molecule has 0 aliphatic carbocycles. The molecule has 0 atom stereocenters. The third-order valence-electron chi connectivity index (χ3n) is 2.82. The zero-order valence-electron chi connectivity index (χ0n) is 12.0. The molecule has 7 nitrogen and oxygen atoms in total. The molecule has 2 rings (SSSR count). The van der Waals surface area contributed by atoms with Crippen molar-refractivity contribution in [3.05, 3.63) is 41.5 Å². The van der Waals surface area contributed by atoms with Crippen molar-refractivity contribution in [2.75, 3.05) is 13.6 Å². The lowest BCUT2D eigenvalue weighted by molar-refractivity contribution is 0.375. The van der Waals surface area contributed by atoms with Gasteiger partial charge in [0.25, 0.3) is 0 Å². The molecule has 1 aromatic heterocycles. The first kappa shape index (κ1) is 15.6. The number of rotatable bonds is 7. The van der Waals surface area contributed by atoms with Crippen molar-refractivity contribution in [2.45, 2.75) is 24.8 Å². The minimum atomic E-state index is -3.52. The highest BCUT2D eigenvalue weighted by atomic mass is 32.2. The van der Waals surface area contributed by atoms with Crippen molar-refractivity contribution < 1.29 is 12.9 Å². The Morgan fingerprint density at radius 3 is 2.52 bits per heavy atom. The van der Waals surface area contributed by atoms with Gasteiger partial charge < -0.3 is 9.84 Å². The number of benzene rings is 1. The van der Waals surface area contributed by atoms with E-state index in [0.717, 1.165) is 5.56 Å². The van der Waals surface area contributed by atoms with Crippen LogP contribution in [0.4, 0.5) is 0 Å². The zero-order chi connectivity index (χ0) is 15.3. The molecule has 1 aromatic carbocycles. The number of hydrogen-bond donors (Lipinski definition) is 2. The molecule has 0 fully saturated rings. The molecule has 0 bridgehead atoms. The molecule has 0 radical (unpaired) electrons. The van der Waals surface area contributed by atoms with E-state index in [1.807, 2.05) is 7.05 Å². The zero-order valence-corrected chi connectivity index (χ0v) is 12.8. The molecule has 2 N–H and O–H groups in total. The van der Waals surface area contributed by atoms with Gasteiger partial charge in [0, 0.05) is 19.5 Å². The first-order valence-electron chi connectivity index (χ1n) is 6.53. The largest absolute Gasteiger partial charge is 0.339 e. The molecular weight excluding hydrogens is 292 g/mol. The van der Waals surface area contributed by atoms with Crippen LogP contribution in [0.1, 0.15) is 17.3 Å².